The lowest BCUT2D eigenvalue weighted by Gasteiger charge is -2.39. The second kappa shape index (κ2) is 5.43. The minimum atomic E-state index is -0.146. The molecule has 2 rings (SSSR count). The van der Waals surface area contributed by atoms with Gasteiger partial charge in [0.25, 0.3) is 0 Å². The lowest BCUT2D eigenvalue weighted by atomic mass is 10.1. The molecule has 4 nitrogen and oxygen atoms in total. The van der Waals surface area contributed by atoms with Crippen molar-refractivity contribution in [2.45, 2.75) is 26.0 Å². The molecular weight excluding hydrogens is 250 g/mol. The lowest BCUT2D eigenvalue weighted by Crippen LogP contribution is -2.48. The Hall–Kier alpha value is -0.840. The first kappa shape index (κ1) is 13.6. The van der Waals surface area contributed by atoms with Gasteiger partial charge in [-0.1, -0.05) is 11.6 Å². The summed E-state index contributed by atoms with van der Waals surface area (Å²) in [5.41, 5.74) is 0.950. The zero-order valence-corrected chi connectivity index (χ0v) is 11.9. The third-order valence-corrected chi connectivity index (χ3v) is 3.26. The molecule has 0 spiro atoms. The van der Waals surface area contributed by atoms with Crippen molar-refractivity contribution in [2.24, 2.45) is 0 Å². The zero-order valence-electron chi connectivity index (χ0n) is 11.2. The normalized spacial score (nSPS) is 19.0. The van der Waals surface area contributed by atoms with Crippen LogP contribution in [0.1, 0.15) is 19.4 Å². The van der Waals surface area contributed by atoms with Crippen molar-refractivity contribution >= 4 is 17.4 Å². The number of nitrogens with one attached hydrogen (secondary N) is 1. The first-order valence-corrected chi connectivity index (χ1v) is 6.57. The molecule has 0 radical (unpaired) electrons. The van der Waals surface area contributed by atoms with Crippen molar-refractivity contribution in [3.05, 3.63) is 22.8 Å². The van der Waals surface area contributed by atoms with Crippen LogP contribution in [0.3, 0.4) is 0 Å². The molecule has 1 aromatic heterocycles. The van der Waals surface area contributed by atoms with E-state index in [1.165, 1.54) is 0 Å². The summed E-state index contributed by atoms with van der Waals surface area (Å²) in [7, 11) is 1.91. The van der Waals surface area contributed by atoms with Crippen molar-refractivity contribution < 1.29 is 4.74 Å². The van der Waals surface area contributed by atoms with Crippen LogP contribution in [0, 0.1) is 0 Å². The number of nitrogens with zero attached hydrogens (tertiary/aromatic N) is 2. The van der Waals surface area contributed by atoms with Crippen molar-refractivity contribution in [3.8, 4) is 0 Å². The van der Waals surface area contributed by atoms with E-state index in [-0.39, 0.29) is 5.60 Å². The van der Waals surface area contributed by atoms with Crippen molar-refractivity contribution in [2.75, 3.05) is 31.6 Å². The molecule has 0 aromatic carbocycles. The Kier molecular flexibility index (Phi) is 4.10. The average molecular weight is 270 g/mol. The van der Waals surface area contributed by atoms with E-state index in [2.05, 4.69) is 29.0 Å². The van der Waals surface area contributed by atoms with E-state index >= 15 is 0 Å². The lowest BCUT2D eigenvalue weighted by molar-refractivity contribution is -0.0279. The van der Waals surface area contributed by atoms with Crippen LogP contribution in [0.5, 0.6) is 0 Å². The minimum absolute atomic E-state index is 0.146. The third kappa shape index (κ3) is 3.13. The maximum Gasteiger partial charge on any atom is 0.147 e. The number of hydrogen-bond donors (Lipinski definition) is 1. The van der Waals surface area contributed by atoms with Crippen molar-refractivity contribution in [1.82, 2.24) is 10.3 Å². The van der Waals surface area contributed by atoms with E-state index < -0.39 is 0 Å². The molecule has 1 N–H and O–H groups in total. The van der Waals surface area contributed by atoms with Crippen LogP contribution < -0.4 is 10.2 Å². The fourth-order valence-corrected chi connectivity index (χ4v) is 2.51. The topological polar surface area (TPSA) is 37.4 Å². The molecule has 18 heavy (non-hydrogen) atoms. The van der Waals surface area contributed by atoms with Gasteiger partial charge in [0.2, 0.25) is 0 Å². The van der Waals surface area contributed by atoms with Gasteiger partial charge in [0.05, 0.1) is 17.2 Å². The average Bonchev–Trinajstić information content (AvgIpc) is 2.28. The highest BCUT2D eigenvalue weighted by molar-refractivity contribution is 6.33. The number of aromatic nitrogens is 1. The Morgan fingerprint density at radius 2 is 2.33 bits per heavy atom. The number of hydrogen-bond acceptors (Lipinski definition) is 4. The Morgan fingerprint density at radius 1 is 1.56 bits per heavy atom. The second-order valence-corrected chi connectivity index (χ2v) is 5.62. The van der Waals surface area contributed by atoms with E-state index in [0.29, 0.717) is 11.6 Å². The van der Waals surface area contributed by atoms with Crippen LogP contribution in [-0.2, 0) is 11.3 Å². The molecule has 1 fully saturated rings. The number of rotatable bonds is 3. The summed E-state index contributed by atoms with van der Waals surface area (Å²) in [6.45, 7) is 7.31. The zero-order chi connectivity index (χ0) is 13.2. The molecule has 2 heterocycles. The van der Waals surface area contributed by atoms with E-state index in [1.807, 2.05) is 19.3 Å². The first-order chi connectivity index (χ1) is 8.52. The Labute approximate surface area is 113 Å². The van der Waals surface area contributed by atoms with Crippen molar-refractivity contribution in [3.63, 3.8) is 0 Å². The second-order valence-electron chi connectivity index (χ2n) is 5.21. The van der Waals surface area contributed by atoms with Gasteiger partial charge in [0, 0.05) is 25.8 Å². The number of pyridine rings is 1. The minimum Gasteiger partial charge on any atom is -0.372 e. The van der Waals surface area contributed by atoms with Gasteiger partial charge in [-0.15, -0.1) is 0 Å². The van der Waals surface area contributed by atoms with Crippen LogP contribution in [0.25, 0.3) is 0 Å². The van der Waals surface area contributed by atoms with Gasteiger partial charge in [-0.05, 0) is 32.5 Å². The van der Waals surface area contributed by atoms with Crippen LogP contribution in [0.4, 0.5) is 5.82 Å². The summed E-state index contributed by atoms with van der Waals surface area (Å²) >= 11 is 6.32. The third-order valence-electron chi connectivity index (χ3n) is 2.98. The standard InChI is InChI=1S/C13H20ClN3O/c1-13(2)9-17(4-5-18-13)12-11(14)6-10(7-15-3)8-16-12/h6,8,15H,4-5,7,9H2,1-3H3. The van der Waals surface area contributed by atoms with Crippen LogP contribution in [0.15, 0.2) is 12.3 Å². The summed E-state index contributed by atoms with van der Waals surface area (Å²) in [5, 5.41) is 3.80. The molecule has 100 valence electrons. The highest BCUT2D eigenvalue weighted by Gasteiger charge is 2.28. The molecule has 1 saturated heterocycles. The molecule has 0 bridgehead atoms. The maximum atomic E-state index is 6.32. The Bertz CT molecular complexity index is 423. The summed E-state index contributed by atoms with van der Waals surface area (Å²) in [5.74, 6) is 0.855. The largest absolute Gasteiger partial charge is 0.372 e. The molecule has 1 aliphatic rings. The maximum absolute atomic E-state index is 6.32. The predicted octanol–water partition coefficient (Wildman–Crippen LogP) is 2.07. The monoisotopic (exact) mass is 269 g/mol. The van der Waals surface area contributed by atoms with Crippen LogP contribution in [0.2, 0.25) is 5.02 Å². The molecule has 0 atom stereocenters. The molecule has 1 aliphatic heterocycles. The van der Waals surface area contributed by atoms with E-state index in [9.17, 15) is 0 Å². The smallest absolute Gasteiger partial charge is 0.147 e. The summed E-state index contributed by atoms with van der Waals surface area (Å²) in [6, 6.07) is 1.98. The van der Waals surface area contributed by atoms with Gasteiger partial charge >= 0.3 is 0 Å². The number of anilines is 1. The summed E-state index contributed by atoms with van der Waals surface area (Å²) < 4.78 is 5.70. The van der Waals surface area contributed by atoms with Gasteiger partial charge in [-0.2, -0.15) is 0 Å². The van der Waals surface area contributed by atoms with Gasteiger partial charge in [-0.25, -0.2) is 4.98 Å². The van der Waals surface area contributed by atoms with Gasteiger partial charge in [0.1, 0.15) is 5.82 Å². The quantitative estimate of drug-likeness (QED) is 0.912. The summed E-state index contributed by atoms with van der Waals surface area (Å²) in [6.07, 6.45) is 1.88. The molecule has 0 aliphatic carbocycles. The molecule has 0 saturated carbocycles. The first-order valence-electron chi connectivity index (χ1n) is 6.20. The van der Waals surface area contributed by atoms with E-state index in [4.69, 9.17) is 16.3 Å². The van der Waals surface area contributed by atoms with Crippen molar-refractivity contribution in [1.29, 1.82) is 0 Å². The number of halogens is 1. The molecule has 5 heteroatoms. The fraction of sp³-hybridized carbons (Fsp3) is 0.615. The van der Waals surface area contributed by atoms with Gasteiger partial charge < -0.3 is 15.0 Å². The van der Waals surface area contributed by atoms with E-state index in [1.54, 1.807) is 0 Å². The number of morpholine rings is 1. The molecule has 1 aromatic rings. The van der Waals surface area contributed by atoms with Crippen LogP contribution in [-0.4, -0.2) is 37.3 Å². The van der Waals surface area contributed by atoms with E-state index in [0.717, 1.165) is 31.0 Å². The van der Waals surface area contributed by atoms with Crippen LogP contribution >= 0.6 is 11.6 Å². The highest BCUT2D eigenvalue weighted by atomic mass is 35.5. The van der Waals surface area contributed by atoms with Gasteiger partial charge in [0.15, 0.2) is 0 Å². The fourth-order valence-electron chi connectivity index (χ4n) is 2.20. The predicted molar refractivity (Wildman–Crippen MR) is 74.3 cm³/mol. The molecule has 0 amide bonds. The number of ether oxygens (including phenoxy) is 1. The molecule has 0 unspecified atom stereocenters. The SMILES string of the molecule is CNCc1cnc(N2CCOC(C)(C)C2)c(Cl)c1. The highest BCUT2D eigenvalue weighted by Crippen LogP contribution is 2.28. The Balaban J connectivity index is 2.18. The molecular formula is C13H20ClN3O. The Morgan fingerprint density at radius 3 is 2.94 bits per heavy atom. The summed E-state index contributed by atoms with van der Waals surface area (Å²) in [4.78, 5) is 6.67. The van der Waals surface area contributed by atoms with Gasteiger partial charge in [-0.3, -0.25) is 0 Å².